The lowest BCUT2D eigenvalue weighted by Gasteiger charge is -2.16. The van der Waals surface area contributed by atoms with Crippen molar-refractivity contribution in [1.82, 2.24) is 14.5 Å². The van der Waals surface area contributed by atoms with E-state index in [1.807, 2.05) is 23.6 Å². The van der Waals surface area contributed by atoms with Crippen molar-refractivity contribution in [3.8, 4) is 0 Å². The lowest BCUT2D eigenvalue weighted by molar-refractivity contribution is -0.130. The van der Waals surface area contributed by atoms with Crippen LogP contribution in [-0.4, -0.2) is 39.8 Å². The van der Waals surface area contributed by atoms with Crippen LogP contribution in [-0.2, 0) is 17.8 Å². The van der Waals surface area contributed by atoms with E-state index in [-0.39, 0.29) is 12.5 Å². The number of aryl methyl sites for hydroxylation is 1. The zero-order chi connectivity index (χ0) is 14.7. The molecule has 6 heteroatoms. The van der Waals surface area contributed by atoms with Gasteiger partial charge < -0.3 is 9.47 Å². The number of amides is 1. The van der Waals surface area contributed by atoms with Gasteiger partial charge in [0.1, 0.15) is 12.4 Å². The molecule has 0 atom stereocenters. The van der Waals surface area contributed by atoms with Gasteiger partial charge >= 0.3 is 0 Å². The Balaban J connectivity index is 2.48. The summed E-state index contributed by atoms with van der Waals surface area (Å²) in [6.45, 7) is 2.84. The van der Waals surface area contributed by atoms with Crippen molar-refractivity contribution in [1.29, 1.82) is 0 Å². The number of hydrogen-bond donors (Lipinski definition) is 0. The number of fused-ring (bicyclic) bond motifs is 1. The molecule has 0 radical (unpaired) electrons. The monoisotopic (exact) mass is 313 g/mol. The molecule has 0 N–H and O–H groups in total. The number of rotatable bonds is 5. The number of para-hydroxylation sites is 1. The Labute approximate surface area is 128 Å². The van der Waals surface area contributed by atoms with E-state index >= 15 is 0 Å². The summed E-state index contributed by atoms with van der Waals surface area (Å²) in [6.07, 6.45) is 0.607. The number of carbonyl (C=O) groups excluding carboxylic acids is 1. The van der Waals surface area contributed by atoms with Crippen molar-refractivity contribution in [3.63, 3.8) is 0 Å². The molecule has 1 aromatic heterocycles. The van der Waals surface area contributed by atoms with Crippen molar-refractivity contribution >= 4 is 40.1 Å². The van der Waals surface area contributed by atoms with Crippen molar-refractivity contribution in [2.45, 2.75) is 19.9 Å². The standard InChI is InChI=1S/C14H17Cl2N3O/c1-3-18(2)13(20)9-19-12(7-8-15)17-11-6-4-5-10(16)14(11)19/h4-6H,3,7-9H2,1-2H3. The van der Waals surface area contributed by atoms with E-state index in [1.54, 1.807) is 18.0 Å². The zero-order valence-electron chi connectivity index (χ0n) is 11.6. The summed E-state index contributed by atoms with van der Waals surface area (Å²) in [4.78, 5) is 18.4. The number of benzene rings is 1. The fraction of sp³-hybridized carbons (Fsp3) is 0.429. The highest BCUT2D eigenvalue weighted by Gasteiger charge is 2.17. The number of nitrogens with zero attached hydrogens (tertiary/aromatic N) is 3. The molecule has 4 nitrogen and oxygen atoms in total. The third-order valence-electron chi connectivity index (χ3n) is 3.31. The molecular weight excluding hydrogens is 297 g/mol. The Morgan fingerprint density at radius 2 is 2.20 bits per heavy atom. The van der Waals surface area contributed by atoms with Crippen LogP contribution in [0.1, 0.15) is 12.7 Å². The molecule has 20 heavy (non-hydrogen) atoms. The van der Waals surface area contributed by atoms with Crippen LogP contribution in [0.5, 0.6) is 0 Å². The lowest BCUT2D eigenvalue weighted by atomic mass is 10.3. The normalized spacial score (nSPS) is 11.0. The number of imidazole rings is 1. The van der Waals surface area contributed by atoms with Gasteiger partial charge in [0.2, 0.25) is 5.91 Å². The van der Waals surface area contributed by atoms with Gasteiger partial charge in [0.25, 0.3) is 0 Å². The quantitative estimate of drug-likeness (QED) is 0.796. The maximum absolute atomic E-state index is 12.2. The van der Waals surface area contributed by atoms with E-state index in [0.29, 0.717) is 23.9 Å². The first-order valence-corrected chi connectivity index (χ1v) is 7.43. The van der Waals surface area contributed by atoms with Crippen molar-refractivity contribution < 1.29 is 4.79 Å². The second kappa shape index (κ2) is 6.46. The predicted molar refractivity (Wildman–Crippen MR) is 82.5 cm³/mol. The minimum atomic E-state index is 0.0301. The number of carbonyl (C=O) groups is 1. The van der Waals surface area contributed by atoms with Gasteiger partial charge in [-0.2, -0.15) is 0 Å². The number of hydrogen-bond acceptors (Lipinski definition) is 2. The molecule has 0 spiro atoms. The third kappa shape index (κ3) is 2.91. The van der Waals surface area contributed by atoms with Crippen LogP contribution >= 0.6 is 23.2 Å². The smallest absolute Gasteiger partial charge is 0.242 e. The van der Waals surface area contributed by atoms with E-state index in [2.05, 4.69) is 4.98 Å². The van der Waals surface area contributed by atoms with Gasteiger partial charge in [-0.15, -0.1) is 11.6 Å². The highest BCUT2D eigenvalue weighted by molar-refractivity contribution is 6.35. The van der Waals surface area contributed by atoms with Crippen molar-refractivity contribution in [2.75, 3.05) is 19.5 Å². The van der Waals surface area contributed by atoms with Gasteiger partial charge in [-0.1, -0.05) is 17.7 Å². The Hall–Kier alpha value is -1.26. The topological polar surface area (TPSA) is 38.1 Å². The number of alkyl halides is 1. The van der Waals surface area contributed by atoms with E-state index in [4.69, 9.17) is 23.2 Å². The minimum absolute atomic E-state index is 0.0301. The van der Waals surface area contributed by atoms with Crippen LogP contribution in [0.15, 0.2) is 18.2 Å². The molecule has 0 aliphatic rings. The number of likely N-dealkylation sites (N-methyl/N-ethyl adjacent to an activating group) is 1. The van der Waals surface area contributed by atoms with Crippen LogP contribution in [0.25, 0.3) is 11.0 Å². The van der Waals surface area contributed by atoms with Gasteiger partial charge in [-0.25, -0.2) is 4.98 Å². The number of halogens is 2. The molecule has 1 aromatic carbocycles. The van der Waals surface area contributed by atoms with Gasteiger partial charge in [0, 0.05) is 25.9 Å². The summed E-state index contributed by atoms with van der Waals surface area (Å²) in [5, 5.41) is 0.600. The summed E-state index contributed by atoms with van der Waals surface area (Å²) in [5.41, 5.74) is 1.59. The summed E-state index contributed by atoms with van der Waals surface area (Å²) < 4.78 is 1.87. The van der Waals surface area contributed by atoms with Crippen molar-refractivity contribution in [2.24, 2.45) is 0 Å². The van der Waals surface area contributed by atoms with Crippen LogP contribution in [0, 0.1) is 0 Å². The first kappa shape index (κ1) is 15.1. The molecule has 2 aromatic rings. The van der Waals surface area contributed by atoms with Crippen LogP contribution in [0.3, 0.4) is 0 Å². The van der Waals surface area contributed by atoms with Gasteiger partial charge in [0.05, 0.1) is 16.1 Å². The first-order chi connectivity index (χ1) is 9.58. The summed E-state index contributed by atoms with van der Waals surface area (Å²) >= 11 is 12.1. The third-order valence-corrected chi connectivity index (χ3v) is 3.80. The molecule has 0 unspecified atom stereocenters. The maximum Gasteiger partial charge on any atom is 0.242 e. The second-order valence-electron chi connectivity index (χ2n) is 4.57. The van der Waals surface area contributed by atoms with Gasteiger partial charge in [0.15, 0.2) is 0 Å². The molecule has 1 amide bonds. The van der Waals surface area contributed by atoms with Crippen LogP contribution < -0.4 is 0 Å². The first-order valence-electron chi connectivity index (χ1n) is 6.52. The van der Waals surface area contributed by atoms with Crippen LogP contribution in [0.4, 0.5) is 0 Å². The molecule has 0 bridgehead atoms. The molecule has 2 rings (SSSR count). The molecule has 108 valence electrons. The second-order valence-corrected chi connectivity index (χ2v) is 5.35. The molecule has 0 fully saturated rings. The Bertz CT molecular complexity index is 624. The van der Waals surface area contributed by atoms with Crippen LogP contribution in [0.2, 0.25) is 5.02 Å². The SMILES string of the molecule is CCN(C)C(=O)Cn1c(CCCl)nc2cccc(Cl)c21. The molecule has 0 aliphatic heterocycles. The molecule has 0 saturated carbocycles. The lowest BCUT2D eigenvalue weighted by Crippen LogP contribution is -2.30. The van der Waals surface area contributed by atoms with Crippen molar-refractivity contribution in [3.05, 3.63) is 29.0 Å². The Morgan fingerprint density at radius 1 is 1.45 bits per heavy atom. The Kier molecular flexibility index (Phi) is 4.89. The highest BCUT2D eigenvalue weighted by Crippen LogP contribution is 2.25. The average Bonchev–Trinajstić information content (AvgIpc) is 2.77. The van der Waals surface area contributed by atoms with E-state index in [1.165, 1.54) is 0 Å². The largest absolute Gasteiger partial charge is 0.344 e. The van der Waals surface area contributed by atoms with E-state index in [9.17, 15) is 4.79 Å². The summed E-state index contributed by atoms with van der Waals surface area (Å²) in [6, 6.07) is 5.55. The number of aromatic nitrogens is 2. The minimum Gasteiger partial charge on any atom is -0.344 e. The molecule has 1 heterocycles. The molecular formula is C14H17Cl2N3O. The Morgan fingerprint density at radius 3 is 2.85 bits per heavy atom. The van der Waals surface area contributed by atoms with E-state index in [0.717, 1.165) is 16.9 Å². The maximum atomic E-state index is 12.2. The summed E-state index contributed by atoms with van der Waals surface area (Å²) in [5.74, 6) is 1.28. The molecule has 0 aliphatic carbocycles. The fourth-order valence-electron chi connectivity index (χ4n) is 2.07. The molecule has 0 saturated heterocycles. The fourth-order valence-corrected chi connectivity index (χ4v) is 2.51. The van der Waals surface area contributed by atoms with Gasteiger partial charge in [-0.05, 0) is 19.1 Å². The van der Waals surface area contributed by atoms with E-state index < -0.39 is 0 Å². The highest BCUT2D eigenvalue weighted by atomic mass is 35.5. The van der Waals surface area contributed by atoms with Gasteiger partial charge in [-0.3, -0.25) is 4.79 Å². The zero-order valence-corrected chi connectivity index (χ0v) is 13.1. The average molecular weight is 314 g/mol. The summed E-state index contributed by atoms with van der Waals surface area (Å²) in [7, 11) is 1.78. The predicted octanol–water partition coefficient (Wildman–Crippen LogP) is 2.95.